The molecule has 0 bridgehead atoms. The summed E-state index contributed by atoms with van der Waals surface area (Å²) in [7, 11) is 0. The SMILES string of the molecule is CCC(CC)(CNCc1sc(C)cc1Br)C(=O)O. The first-order chi connectivity index (χ1) is 8.45. The Labute approximate surface area is 121 Å². The number of hydrogen-bond acceptors (Lipinski definition) is 3. The minimum atomic E-state index is -0.707. The van der Waals surface area contributed by atoms with Gasteiger partial charge in [-0.3, -0.25) is 4.79 Å². The van der Waals surface area contributed by atoms with Gasteiger partial charge in [0.1, 0.15) is 0 Å². The van der Waals surface area contributed by atoms with Crippen LogP contribution in [-0.2, 0) is 11.3 Å². The van der Waals surface area contributed by atoms with Crippen LogP contribution in [0, 0.1) is 12.3 Å². The lowest BCUT2D eigenvalue weighted by Gasteiger charge is -2.26. The van der Waals surface area contributed by atoms with Crippen LogP contribution in [0.15, 0.2) is 10.5 Å². The predicted molar refractivity (Wildman–Crippen MR) is 79.1 cm³/mol. The van der Waals surface area contributed by atoms with Crippen LogP contribution in [-0.4, -0.2) is 17.6 Å². The van der Waals surface area contributed by atoms with Crippen LogP contribution in [0.25, 0.3) is 0 Å². The van der Waals surface area contributed by atoms with E-state index in [0.717, 1.165) is 4.47 Å². The van der Waals surface area contributed by atoms with Gasteiger partial charge in [-0.25, -0.2) is 0 Å². The van der Waals surface area contributed by atoms with Gasteiger partial charge in [-0.1, -0.05) is 13.8 Å². The molecule has 0 aliphatic rings. The number of thiophene rings is 1. The molecule has 0 atom stereocenters. The average molecular weight is 334 g/mol. The van der Waals surface area contributed by atoms with Crippen LogP contribution in [0.1, 0.15) is 36.4 Å². The summed E-state index contributed by atoms with van der Waals surface area (Å²) in [6.45, 7) is 7.17. The van der Waals surface area contributed by atoms with E-state index in [4.69, 9.17) is 0 Å². The fourth-order valence-electron chi connectivity index (χ4n) is 1.95. The Bertz CT molecular complexity index is 413. The molecular formula is C13H20BrNO2S. The van der Waals surface area contributed by atoms with Crippen molar-refractivity contribution in [2.45, 2.75) is 40.2 Å². The number of halogens is 1. The third-order valence-corrected chi connectivity index (χ3v) is 5.46. The highest BCUT2D eigenvalue weighted by molar-refractivity contribution is 9.10. The van der Waals surface area contributed by atoms with E-state index < -0.39 is 11.4 Å². The van der Waals surface area contributed by atoms with Crippen molar-refractivity contribution in [3.8, 4) is 0 Å². The molecule has 0 unspecified atom stereocenters. The van der Waals surface area contributed by atoms with Crippen molar-refractivity contribution in [3.05, 3.63) is 20.3 Å². The van der Waals surface area contributed by atoms with E-state index in [0.29, 0.717) is 25.9 Å². The Balaban J connectivity index is 2.59. The lowest BCUT2D eigenvalue weighted by molar-refractivity contribution is -0.149. The zero-order valence-corrected chi connectivity index (χ0v) is 13.4. The molecule has 0 fully saturated rings. The van der Waals surface area contributed by atoms with E-state index in [1.54, 1.807) is 11.3 Å². The predicted octanol–water partition coefficient (Wildman–Crippen LogP) is 3.80. The number of hydrogen-bond donors (Lipinski definition) is 2. The third-order valence-electron chi connectivity index (χ3n) is 3.44. The molecule has 0 aliphatic carbocycles. The van der Waals surface area contributed by atoms with Gasteiger partial charge in [-0.05, 0) is 41.8 Å². The first-order valence-corrected chi connectivity index (χ1v) is 7.75. The number of carboxylic acid groups (broad SMARTS) is 1. The lowest BCUT2D eigenvalue weighted by Crippen LogP contribution is -2.39. The smallest absolute Gasteiger partial charge is 0.310 e. The summed E-state index contributed by atoms with van der Waals surface area (Å²) in [5, 5.41) is 12.6. The quantitative estimate of drug-likeness (QED) is 0.797. The zero-order valence-electron chi connectivity index (χ0n) is 11.0. The number of carboxylic acids is 1. The molecule has 2 N–H and O–H groups in total. The topological polar surface area (TPSA) is 49.3 Å². The Morgan fingerprint density at radius 3 is 2.50 bits per heavy atom. The van der Waals surface area contributed by atoms with Gasteiger partial charge < -0.3 is 10.4 Å². The van der Waals surface area contributed by atoms with E-state index >= 15 is 0 Å². The van der Waals surface area contributed by atoms with Crippen molar-refractivity contribution in [1.82, 2.24) is 5.32 Å². The summed E-state index contributed by atoms with van der Waals surface area (Å²) in [4.78, 5) is 13.8. The molecule has 1 aromatic rings. The second-order valence-electron chi connectivity index (χ2n) is 4.52. The molecule has 5 heteroatoms. The van der Waals surface area contributed by atoms with Crippen molar-refractivity contribution in [2.24, 2.45) is 5.41 Å². The molecule has 0 aromatic carbocycles. The van der Waals surface area contributed by atoms with E-state index in [9.17, 15) is 9.90 Å². The summed E-state index contributed by atoms with van der Waals surface area (Å²) in [5.74, 6) is -0.707. The normalized spacial score (nSPS) is 11.8. The van der Waals surface area contributed by atoms with Crippen molar-refractivity contribution in [2.75, 3.05) is 6.54 Å². The molecule has 0 amide bonds. The van der Waals surface area contributed by atoms with Gasteiger partial charge in [0.15, 0.2) is 0 Å². The number of rotatable bonds is 7. The summed E-state index contributed by atoms with van der Waals surface area (Å²) in [5.41, 5.74) is -0.640. The summed E-state index contributed by atoms with van der Waals surface area (Å²) < 4.78 is 1.10. The van der Waals surface area contributed by atoms with Crippen molar-refractivity contribution >= 4 is 33.2 Å². The molecule has 3 nitrogen and oxygen atoms in total. The molecule has 1 heterocycles. The van der Waals surface area contributed by atoms with Crippen molar-refractivity contribution < 1.29 is 9.90 Å². The van der Waals surface area contributed by atoms with Crippen LogP contribution in [0.2, 0.25) is 0 Å². The number of aryl methyl sites for hydroxylation is 1. The Morgan fingerprint density at radius 2 is 2.11 bits per heavy atom. The fraction of sp³-hybridized carbons (Fsp3) is 0.615. The largest absolute Gasteiger partial charge is 0.481 e. The maximum Gasteiger partial charge on any atom is 0.310 e. The van der Waals surface area contributed by atoms with Crippen LogP contribution in [0.4, 0.5) is 0 Å². The maximum absolute atomic E-state index is 11.4. The Kier molecular flexibility index (Phi) is 5.82. The fourth-order valence-corrected chi connectivity index (χ4v) is 3.72. The molecule has 0 saturated carbocycles. The van der Waals surface area contributed by atoms with Crippen LogP contribution in [0.5, 0.6) is 0 Å². The molecule has 18 heavy (non-hydrogen) atoms. The lowest BCUT2D eigenvalue weighted by atomic mass is 9.82. The molecule has 0 radical (unpaired) electrons. The van der Waals surface area contributed by atoms with Crippen LogP contribution in [0.3, 0.4) is 0 Å². The highest BCUT2D eigenvalue weighted by Crippen LogP contribution is 2.28. The van der Waals surface area contributed by atoms with Gasteiger partial charge in [0.05, 0.1) is 5.41 Å². The van der Waals surface area contributed by atoms with Gasteiger partial charge in [0, 0.05) is 27.3 Å². The van der Waals surface area contributed by atoms with Crippen molar-refractivity contribution in [1.29, 1.82) is 0 Å². The van der Waals surface area contributed by atoms with Gasteiger partial charge in [0.2, 0.25) is 0 Å². The number of carbonyl (C=O) groups is 1. The molecule has 1 rings (SSSR count). The van der Waals surface area contributed by atoms with E-state index in [1.165, 1.54) is 9.75 Å². The Hall–Kier alpha value is -0.390. The van der Waals surface area contributed by atoms with Crippen molar-refractivity contribution in [3.63, 3.8) is 0 Å². The van der Waals surface area contributed by atoms with E-state index in [2.05, 4.69) is 34.2 Å². The molecule has 0 spiro atoms. The number of nitrogens with one attached hydrogen (secondary N) is 1. The van der Waals surface area contributed by atoms with E-state index in [-0.39, 0.29) is 0 Å². The summed E-state index contributed by atoms with van der Waals surface area (Å²) in [6, 6.07) is 2.09. The maximum atomic E-state index is 11.4. The molecule has 102 valence electrons. The average Bonchev–Trinajstić information content (AvgIpc) is 2.63. The van der Waals surface area contributed by atoms with E-state index in [1.807, 2.05) is 13.8 Å². The zero-order chi connectivity index (χ0) is 13.8. The monoisotopic (exact) mass is 333 g/mol. The standard InChI is InChI=1S/C13H20BrNO2S/c1-4-13(5-2,12(16)17)8-15-7-11-10(14)6-9(3)18-11/h6,15H,4-5,7-8H2,1-3H3,(H,16,17). The molecule has 0 aliphatic heterocycles. The second kappa shape index (κ2) is 6.68. The number of aliphatic carboxylic acids is 1. The highest BCUT2D eigenvalue weighted by atomic mass is 79.9. The minimum Gasteiger partial charge on any atom is -0.481 e. The summed E-state index contributed by atoms with van der Waals surface area (Å²) in [6.07, 6.45) is 1.30. The third kappa shape index (κ3) is 3.56. The molecule has 1 aromatic heterocycles. The first-order valence-electron chi connectivity index (χ1n) is 6.14. The van der Waals surface area contributed by atoms with Gasteiger partial charge in [-0.15, -0.1) is 11.3 Å². The van der Waals surface area contributed by atoms with Gasteiger partial charge in [0.25, 0.3) is 0 Å². The van der Waals surface area contributed by atoms with Gasteiger partial charge in [-0.2, -0.15) is 0 Å². The van der Waals surface area contributed by atoms with Crippen LogP contribution >= 0.6 is 27.3 Å². The molecule has 0 saturated heterocycles. The molecular weight excluding hydrogens is 314 g/mol. The Morgan fingerprint density at radius 1 is 1.50 bits per heavy atom. The van der Waals surface area contributed by atoms with Gasteiger partial charge >= 0.3 is 5.97 Å². The van der Waals surface area contributed by atoms with Crippen LogP contribution < -0.4 is 5.32 Å². The summed E-state index contributed by atoms with van der Waals surface area (Å²) >= 11 is 5.25. The highest BCUT2D eigenvalue weighted by Gasteiger charge is 2.34. The second-order valence-corrected chi connectivity index (χ2v) is 6.72. The first kappa shape index (κ1) is 15.7. The minimum absolute atomic E-state index is 0.513.